The maximum Gasteiger partial charge on any atom is 0.142 e. The van der Waals surface area contributed by atoms with Crippen LogP contribution in [-0.4, -0.2) is 7.05 Å². The normalized spacial score (nSPS) is 10.6. The molecule has 0 aromatic heterocycles. The first kappa shape index (κ1) is 15.1. The molecule has 0 fully saturated rings. The molecule has 0 spiro atoms. The van der Waals surface area contributed by atoms with E-state index in [4.69, 9.17) is 27.9 Å². The highest BCUT2D eigenvalue weighted by molar-refractivity contribution is 6.32. The van der Waals surface area contributed by atoms with E-state index >= 15 is 0 Å². The van der Waals surface area contributed by atoms with Crippen molar-refractivity contribution in [2.45, 2.75) is 13.2 Å². The minimum absolute atomic E-state index is 0.236. The lowest BCUT2D eigenvalue weighted by molar-refractivity contribution is 0.302. The third kappa shape index (κ3) is 3.63. The Labute approximate surface area is 127 Å². The van der Waals surface area contributed by atoms with Crippen LogP contribution < -0.4 is 10.1 Å². The Kier molecular flexibility index (Phi) is 5.24. The summed E-state index contributed by atoms with van der Waals surface area (Å²) in [5.74, 6) is 0.247. The van der Waals surface area contributed by atoms with Crippen molar-refractivity contribution in [2.24, 2.45) is 0 Å². The number of para-hydroxylation sites is 1. The molecule has 106 valence electrons. The van der Waals surface area contributed by atoms with Gasteiger partial charge in [0.15, 0.2) is 0 Å². The number of rotatable bonds is 5. The van der Waals surface area contributed by atoms with Gasteiger partial charge in [0.05, 0.1) is 10.0 Å². The molecule has 20 heavy (non-hydrogen) atoms. The summed E-state index contributed by atoms with van der Waals surface area (Å²) in [5.41, 5.74) is 1.67. The van der Waals surface area contributed by atoms with Crippen LogP contribution in [0, 0.1) is 5.82 Å². The molecule has 0 radical (unpaired) electrons. The molecule has 0 aliphatic heterocycles. The van der Waals surface area contributed by atoms with Gasteiger partial charge in [-0.2, -0.15) is 0 Å². The zero-order valence-electron chi connectivity index (χ0n) is 10.9. The lowest BCUT2D eigenvalue weighted by Gasteiger charge is -2.13. The molecule has 0 amide bonds. The third-order valence-corrected chi connectivity index (χ3v) is 3.45. The molecule has 0 aliphatic carbocycles. The van der Waals surface area contributed by atoms with Crippen molar-refractivity contribution in [3.63, 3.8) is 0 Å². The van der Waals surface area contributed by atoms with E-state index in [-0.39, 0.29) is 12.4 Å². The monoisotopic (exact) mass is 313 g/mol. The Balaban J connectivity index is 2.18. The van der Waals surface area contributed by atoms with E-state index < -0.39 is 0 Å². The van der Waals surface area contributed by atoms with Crippen LogP contribution in [0.3, 0.4) is 0 Å². The van der Waals surface area contributed by atoms with E-state index in [0.717, 1.165) is 5.56 Å². The Morgan fingerprint density at radius 3 is 2.60 bits per heavy atom. The maximum atomic E-state index is 13.0. The van der Waals surface area contributed by atoms with Crippen molar-refractivity contribution in [1.29, 1.82) is 0 Å². The summed E-state index contributed by atoms with van der Waals surface area (Å²) in [6.07, 6.45) is 0. The van der Waals surface area contributed by atoms with Gasteiger partial charge in [0, 0.05) is 17.7 Å². The Bertz CT molecular complexity index is 604. The van der Waals surface area contributed by atoms with Gasteiger partial charge < -0.3 is 10.1 Å². The molecule has 0 atom stereocenters. The predicted octanol–water partition coefficient (Wildman–Crippen LogP) is 4.43. The summed E-state index contributed by atoms with van der Waals surface area (Å²) in [4.78, 5) is 0. The summed E-state index contributed by atoms with van der Waals surface area (Å²) in [7, 11) is 1.85. The van der Waals surface area contributed by atoms with Gasteiger partial charge in [0.1, 0.15) is 18.2 Å². The molecule has 2 aromatic rings. The van der Waals surface area contributed by atoms with Gasteiger partial charge in [-0.1, -0.05) is 41.4 Å². The SMILES string of the molecule is CNCc1cccc(Cl)c1OCc1ccc(F)cc1Cl. The molecule has 5 heteroatoms. The zero-order valence-corrected chi connectivity index (χ0v) is 12.4. The zero-order chi connectivity index (χ0) is 14.5. The van der Waals surface area contributed by atoms with Crippen molar-refractivity contribution in [3.8, 4) is 5.75 Å². The van der Waals surface area contributed by atoms with Gasteiger partial charge in [-0.05, 0) is 25.2 Å². The second-order valence-electron chi connectivity index (χ2n) is 4.28. The minimum atomic E-state index is -0.368. The fourth-order valence-corrected chi connectivity index (χ4v) is 2.30. The van der Waals surface area contributed by atoms with Crippen LogP contribution >= 0.6 is 23.2 Å². The first-order valence-electron chi connectivity index (χ1n) is 6.10. The van der Waals surface area contributed by atoms with Crippen LogP contribution in [0.2, 0.25) is 10.0 Å². The minimum Gasteiger partial charge on any atom is -0.487 e. The van der Waals surface area contributed by atoms with Crippen LogP contribution in [0.4, 0.5) is 4.39 Å². The summed E-state index contributed by atoms with van der Waals surface area (Å²) in [5, 5.41) is 3.93. The van der Waals surface area contributed by atoms with Gasteiger partial charge in [-0.3, -0.25) is 0 Å². The van der Waals surface area contributed by atoms with Gasteiger partial charge in [0.2, 0.25) is 0 Å². The number of hydrogen-bond donors (Lipinski definition) is 1. The van der Waals surface area contributed by atoms with E-state index in [1.807, 2.05) is 19.2 Å². The van der Waals surface area contributed by atoms with Crippen LogP contribution in [0.15, 0.2) is 36.4 Å². The first-order chi connectivity index (χ1) is 9.61. The highest BCUT2D eigenvalue weighted by atomic mass is 35.5. The molecule has 0 heterocycles. The van der Waals surface area contributed by atoms with Gasteiger partial charge in [-0.25, -0.2) is 4.39 Å². The summed E-state index contributed by atoms with van der Waals surface area (Å²) < 4.78 is 18.7. The fraction of sp³-hybridized carbons (Fsp3) is 0.200. The fourth-order valence-electron chi connectivity index (χ4n) is 1.83. The van der Waals surface area contributed by atoms with Crippen LogP contribution in [0.1, 0.15) is 11.1 Å². The van der Waals surface area contributed by atoms with Crippen molar-refractivity contribution < 1.29 is 9.13 Å². The van der Waals surface area contributed by atoms with Crippen LogP contribution in [-0.2, 0) is 13.2 Å². The standard InChI is InChI=1S/C15H14Cl2FNO/c1-19-8-10-3-2-4-13(16)15(10)20-9-11-5-6-12(18)7-14(11)17/h2-7,19H,8-9H2,1H3. The van der Waals surface area contributed by atoms with Crippen LogP contribution in [0.25, 0.3) is 0 Å². The molecule has 0 bridgehead atoms. The smallest absolute Gasteiger partial charge is 0.142 e. The van der Waals surface area contributed by atoms with Crippen molar-refractivity contribution in [1.82, 2.24) is 5.32 Å². The highest BCUT2D eigenvalue weighted by Crippen LogP contribution is 2.30. The Morgan fingerprint density at radius 1 is 1.10 bits per heavy atom. The molecular formula is C15H14Cl2FNO. The van der Waals surface area contributed by atoms with E-state index in [0.29, 0.717) is 27.9 Å². The third-order valence-electron chi connectivity index (χ3n) is 2.80. The molecule has 2 nitrogen and oxygen atoms in total. The Hall–Kier alpha value is -1.29. The number of benzene rings is 2. The molecular weight excluding hydrogens is 300 g/mol. The highest BCUT2D eigenvalue weighted by Gasteiger charge is 2.09. The van der Waals surface area contributed by atoms with Gasteiger partial charge >= 0.3 is 0 Å². The van der Waals surface area contributed by atoms with Gasteiger partial charge in [-0.15, -0.1) is 0 Å². The topological polar surface area (TPSA) is 21.3 Å². The molecule has 0 saturated heterocycles. The summed E-state index contributed by atoms with van der Waals surface area (Å²) in [6.45, 7) is 0.882. The van der Waals surface area contributed by atoms with Crippen LogP contribution in [0.5, 0.6) is 5.75 Å². The second-order valence-corrected chi connectivity index (χ2v) is 5.10. The number of halogens is 3. The summed E-state index contributed by atoms with van der Waals surface area (Å²) >= 11 is 12.1. The van der Waals surface area contributed by atoms with Crippen molar-refractivity contribution in [3.05, 3.63) is 63.4 Å². The van der Waals surface area contributed by atoms with Crippen molar-refractivity contribution >= 4 is 23.2 Å². The summed E-state index contributed by atoms with van der Waals surface area (Å²) in [6, 6.07) is 9.79. The second kappa shape index (κ2) is 6.93. The molecule has 2 rings (SSSR count). The van der Waals surface area contributed by atoms with Crippen molar-refractivity contribution in [2.75, 3.05) is 7.05 Å². The predicted molar refractivity (Wildman–Crippen MR) is 80.0 cm³/mol. The van der Waals surface area contributed by atoms with Gasteiger partial charge in [0.25, 0.3) is 0 Å². The molecule has 2 aromatic carbocycles. The lowest BCUT2D eigenvalue weighted by atomic mass is 10.2. The van der Waals surface area contributed by atoms with E-state index in [1.54, 1.807) is 12.1 Å². The average Bonchev–Trinajstić information content (AvgIpc) is 2.40. The van der Waals surface area contributed by atoms with E-state index in [2.05, 4.69) is 5.32 Å². The quantitative estimate of drug-likeness (QED) is 0.881. The lowest BCUT2D eigenvalue weighted by Crippen LogP contribution is -2.08. The molecule has 0 saturated carbocycles. The van der Waals surface area contributed by atoms with E-state index in [1.165, 1.54) is 12.1 Å². The number of ether oxygens (including phenoxy) is 1. The maximum absolute atomic E-state index is 13.0. The average molecular weight is 314 g/mol. The first-order valence-corrected chi connectivity index (χ1v) is 6.86. The molecule has 1 N–H and O–H groups in total. The van der Waals surface area contributed by atoms with E-state index in [9.17, 15) is 4.39 Å². The number of nitrogens with one attached hydrogen (secondary N) is 1. The number of hydrogen-bond acceptors (Lipinski definition) is 2. The molecule has 0 unspecified atom stereocenters. The largest absolute Gasteiger partial charge is 0.487 e. The Morgan fingerprint density at radius 2 is 1.90 bits per heavy atom. The molecule has 0 aliphatic rings.